The molecule has 0 saturated heterocycles. The fraction of sp³-hybridized carbons (Fsp3) is 0. The summed E-state index contributed by atoms with van der Waals surface area (Å²) in [4.78, 5) is 12.2. The number of fused-ring (bicyclic) bond motifs is 1. The van der Waals surface area contributed by atoms with E-state index < -0.39 is 0 Å². The van der Waals surface area contributed by atoms with Crippen molar-refractivity contribution in [1.29, 1.82) is 0 Å². The van der Waals surface area contributed by atoms with Gasteiger partial charge in [0.2, 0.25) is 0 Å². The van der Waals surface area contributed by atoms with Gasteiger partial charge in [-0.25, -0.2) is 0 Å². The number of carbonyl (C=O) groups is 1. The first-order valence-corrected chi connectivity index (χ1v) is 6.46. The Morgan fingerprint density at radius 2 is 1.85 bits per heavy atom. The van der Waals surface area contributed by atoms with Crippen LogP contribution in [0.3, 0.4) is 0 Å². The number of anilines is 1. The third kappa shape index (κ3) is 2.45. The molecule has 7 heteroatoms. The zero-order valence-electron chi connectivity index (χ0n) is 10.0. The number of hydrogen-bond donors (Lipinski definition) is 2. The lowest BCUT2D eigenvalue weighted by Crippen LogP contribution is -2.12. The van der Waals surface area contributed by atoms with Crippen molar-refractivity contribution in [3.05, 3.63) is 52.0 Å². The first-order chi connectivity index (χ1) is 9.63. The molecule has 0 saturated carbocycles. The van der Waals surface area contributed by atoms with Crippen molar-refractivity contribution in [3.63, 3.8) is 0 Å². The molecule has 20 heavy (non-hydrogen) atoms. The van der Waals surface area contributed by atoms with Gasteiger partial charge < -0.3 is 5.32 Å². The molecular formula is C13H8Cl2N4O. The summed E-state index contributed by atoms with van der Waals surface area (Å²) in [6, 6.07) is 9.90. The zero-order valence-corrected chi connectivity index (χ0v) is 11.5. The van der Waals surface area contributed by atoms with Crippen molar-refractivity contribution in [3.8, 4) is 0 Å². The van der Waals surface area contributed by atoms with E-state index in [4.69, 9.17) is 23.2 Å². The highest BCUT2D eigenvalue weighted by molar-refractivity contribution is 6.35. The van der Waals surface area contributed by atoms with Crippen molar-refractivity contribution in [2.75, 3.05) is 5.32 Å². The summed E-state index contributed by atoms with van der Waals surface area (Å²) >= 11 is 11.9. The van der Waals surface area contributed by atoms with Gasteiger partial charge in [0.25, 0.3) is 5.91 Å². The molecular weight excluding hydrogens is 299 g/mol. The molecule has 5 nitrogen and oxygen atoms in total. The van der Waals surface area contributed by atoms with E-state index in [1.54, 1.807) is 36.4 Å². The molecule has 1 heterocycles. The minimum atomic E-state index is -0.293. The number of aromatic nitrogens is 3. The lowest BCUT2D eigenvalue weighted by atomic mass is 10.2. The molecule has 0 aliphatic rings. The number of nitrogens with one attached hydrogen (secondary N) is 2. The number of H-pyrrole nitrogens is 1. The van der Waals surface area contributed by atoms with Gasteiger partial charge in [-0.15, -0.1) is 0 Å². The molecule has 3 aromatic rings. The van der Waals surface area contributed by atoms with Crippen molar-refractivity contribution in [1.82, 2.24) is 15.4 Å². The first kappa shape index (κ1) is 12.9. The fourth-order valence-corrected chi connectivity index (χ4v) is 2.11. The minimum Gasteiger partial charge on any atom is -0.321 e. The van der Waals surface area contributed by atoms with Crippen LogP contribution in [-0.2, 0) is 0 Å². The van der Waals surface area contributed by atoms with Crippen LogP contribution in [0.2, 0.25) is 10.0 Å². The molecule has 100 valence electrons. The fourth-order valence-electron chi connectivity index (χ4n) is 1.77. The van der Waals surface area contributed by atoms with E-state index in [1.807, 2.05) is 0 Å². The predicted molar refractivity (Wildman–Crippen MR) is 78.3 cm³/mol. The zero-order chi connectivity index (χ0) is 14.1. The number of halogens is 2. The molecule has 2 aromatic carbocycles. The predicted octanol–water partition coefficient (Wildman–Crippen LogP) is 3.52. The maximum atomic E-state index is 12.2. The Balaban J connectivity index is 1.90. The summed E-state index contributed by atoms with van der Waals surface area (Å²) in [5, 5.41) is 14.0. The van der Waals surface area contributed by atoms with Gasteiger partial charge >= 0.3 is 0 Å². The van der Waals surface area contributed by atoms with Gasteiger partial charge in [0, 0.05) is 10.6 Å². The van der Waals surface area contributed by atoms with E-state index in [1.165, 1.54) is 0 Å². The van der Waals surface area contributed by atoms with Crippen LogP contribution < -0.4 is 5.32 Å². The average molecular weight is 307 g/mol. The first-order valence-electron chi connectivity index (χ1n) is 5.70. The standard InChI is InChI=1S/C13H8Cl2N4O/c14-8-2-3-9(15)11(6-8)16-13(20)7-1-4-10-12(5-7)18-19-17-10/h1-6H,(H,16,20)(H,17,18,19). The van der Waals surface area contributed by atoms with Gasteiger partial charge in [0.15, 0.2) is 0 Å². The molecule has 2 N–H and O–H groups in total. The summed E-state index contributed by atoms with van der Waals surface area (Å²) in [5.41, 5.74) is 2.24. The molecule has 1 amide bonds. The average Bonchev–Trinajstić information content (AvgIpc) is 2.90. The number of hydrogen-bond acceptors (Lipinski definition) is 3. The summed E-state index contributed by atoms with van der Waals surface area (Å²) in [6.45, 7) is 0. The van der Waals surface area contributed by atoms with Crippen molar-refractivity contribution >= 4 is 45.8 Å². The number of carbonyl (C=O) groups excluding carboxylic acids is 1. The molecule has 3 rings (SSSR count). The summed E-state index contributed by atoms with van der Waals surface area (Å²) in [6.07, 6.45) is 0. The number of aromatic amines is 1. The molecule has 0 unspecified atom stereocenters. The number of nitrogens with zero attached hydrogens (tertiary/aromatic N) is 2. The van der Waals surface area contributed by atoms with E-state index in [-0.39, 0.29) is 5.91 Å². The van der Waals surface area contributed by atoms with Gasteiger partial charge in [-0.1, -0.05) is 23.2 Å². The van der Waals surface area contributed by atoms with E-state index in [9.17, 15) is 4.79 Å². The summed E-state index contributed by atoms with van der Waals surface area (Å²) in [7, 11) is 0. The number of amides is 1. The Morgan fingerprint density at radius 3 is 2.70 bits per heavy atom. The quantitative estimate of drug-likeness (QED) is 0.761. The van der Waals surface area contributed by atoms with Crippen LogP contribution in [0.25, 0.3) is 11.0 Å². The minimum absolute atomic E-state index is 0.293. The Bertz CT molecular complexity index is 800. The Labute approximate surface area is 123 Å². The maximum absolute atomic E-state index is 12.2. The second-order valence-corrected chi connectivity index (χ2v) is 4.95. The van der Waals surface area contributed by atoms with Gasteiger partial charge in [0.05, 0.1) is 10.7 Å². The topological polar surface area (TPSA) is 70.7 Å². The number of benzene rings is 2. The molecule has 0 aliphatic carbocycles. The van der Waals surface area contributed by atoms with Crippen molar-refractivity contribution in [2.45, 2.75) is 0 Å². The highest BCUT2D eigenvalue weighted by Gasteiger charge is 2.10. The third-order valence-electron chi connectivity index (χ3n) is 2.76. The second-order valence-electron chi connectivity index (χ2n) is 4.11. The van der Waals surface area contributed by atoms with Crippen LogP contribution >= 0.6 is 23.2 Å². The van der Waals surface area contributed by atoms with Crippen molar-refractivity contribution in [2.24, 2.45) is 0 Å². The second kappa shape index (κ2) is 5.11. The maximum Gasteiger partial charge on any atom is 0.255 e. The van der Waals surface area contributed by atoms with Crippen LogP contribution in [0.15, 0.2) is 36.4 Å². The highest BCUT2D eigenvalue weighted by atomic mass is 35.5. The summed E-state index contributed by atoms with van der Waals surface area (Å²) < 4.78 is 0. The molecule has 0 fully saturated rings. The molecule has 0 radical (unpaired) electrons. The van der Waals surface area contributed by atoms with Crippen LogP contribution in [-0.4, -0.2) is 21.3 Å². The molecule has 0 bridgehead atoms. The van der Waals surface area contributed by atoms with Gasteiger partial charge in [0.1, 0.15) is 11.0 Å². The molecule has 0 aliphatic heterocycles. The van der Waals surface area contributed by atoms with E-state index in [2.05, 4.69) is 20.7 Å². The smallest absolute Gasteiger partial charge is 0.255 e. The molecule has 1 aromatic heterocycles. The molecule has 0 spiro atoms. The van der Waals surface area contributed by atoms with Gasteiger partial charge in [-0.2, -0.15) is 15.4 Å². The largest absolute Gasteiger partial charge is 0.321 e. The Kier molecular flexibility index (Phi) is 3.30. The lowest BCUT2D eigenvalue weighted by molar-refractivity contribution is 0.102. The van der Waals surface area contributed by atoms with Crippen LogP contribution in [0.4, 0.5) is 5.69 Å². The van der Waals surface area contributed by atoms with Crippen LogP contribution in [0.1, 0.15) is 10.4 Å². The normalized spacial score (nSPS) is 10.7. The molecule has 0 atom stereocenters. The summed E-state index contributed by atoms with van der Waals surface area (Å²) in [5.74, 6) is -0.293. The van der Waals surface area contributed by atoms with E-state index in [0.29, 0.717) is 32.3 Å². The van der Waals surface area contributed by atoms with E-state index >= 15 is 0 Å². The van der Waals surface area contributed by atoms with Crippen LogP contribution in [0, 0.1) is 0 Å². The lowest BCUT2D eigenvalue weighted by Gasteiger charge is -2.07. The number of rotatable bonds is 2. The Hall–Kier alpha value is -2.11. The Morgan fingerprint density at radius 1 is 1.05 bits per heavy atom. The SMILES string of the molecule is O=C(Nc1cc(Cl)ccc1Cl)c1ccc2n[nH]nc2c1. The monoisotopic (exact) mass is 306 g/mol. The highest BCUT2D eigenvalue weighted by Crippen LogP contribution is 2.26. The van der Waals surface area contributed by atoms with Crippen molar-refractivity contribution < 1.29 is 4.79 Å². The van der Waals surface area contributed by atoms with Crippen LogP contribution in [0.5, 0.6) is 0 Å². The third-order valence-corrected chi connectivity index (χ3v) is 3.32. The van der Waals surface area contributed by atoms with Gasteiger partial charge in [-0.05, 0) is 36.4 Å². The van der Waals surface area contributed by atoms with E-state index in [0.717, 1.165) is 0 Å². The van der Waals surface area contributed by atoms with Gasteiger partial charge in [-0.3, -0.25) is 4.79 Å².